The second-order valence-corrected chi connectivity index (χ2v) is 6.48. The lowest BCUT2D eigenvalue weighted by Crippen LogP contribution is -2.53. The maximum absolute atomic E-state index is 12.6. The fourth-order valence-corrected chi connectivity index (χ4v) is 3.45. The van der Waals surface area contributed by atoms with E-state index in [2.05, 4.69) is 10.2 Å². The monoisotopic (exact) mass is 310 g/mol. The van der Waals surface area contributed by atoms with Crippen LogP contribution in [0.4, 0.5) is 0 Å². The van der Waals surface area contributed by atoms with Crippen LogP contribution in [-0.2, 0) is 9.59 Å². The highest BCUT2D eigenvalue weighted by molar-refractivity contribution is 5.82. The SMILES string of the molecule is CC(C(=O)N1CCCCC1)N1CCCC(C(=O)NCCN)C1. The van der Waals surface area contributed by atoms with Crippen LogP contribution in [0.25, 0.3) is 0 Å². The Morgan fingerprint density at radius 3 is 2.59 bits per heavy atom. The zero-order valence-electron chi connectivity index (χ0n) is 13.7. The molecule has 2 atom stereocenters. The third kappa shape index (κ3) is 4.43. The van der Waals surface area contributed by atoms with Crippen LogP contribution in [0.1, 0.15) is 39.0 Å². The molecule has 2 rings (SSSR count). The predicted molar refractivity (Wildman–Crippen MR) is 86.3 cm³/mol. The molecule has 0 radical (unpaired) electrons. The number of rotatable bonds is 5. The zero-order valence-corrected chi connectivity index (χ0v) is 13.7. The van der Waals surface area contributed by atoms with E-state index in [1.54, 1.807) is 0 Å². The van der Waals surface area contributed by atoms with Crippen LogP contribution in [-0.4, -0.2) is 66.9 Å². The molecule has 126 valence electrons. The highest BCUT2D eigenvalue weighted by Crippen LogP contribution is 2.20. The maximum atomic E-state index is 12.6. The van der Waals surface area contributed by atoms with Crippen LogP contribution in [0.2, 0.25) is 0 Å². The molecule has 6 heteroatoms. The third-order valence-electron chi connectivity index (χ3n) is 4.84. The lowest BCUT2D eigenvalue weighted by molar-refractivity contribution is -0.139. The van der Waals surface area contributed by atoms with Gasteiger partial charge in [0.05, 0.1) is 12.0 Å². The molecule has 0 aliphatic carbocycles. The first-order valence-corrected chi connectivity index (χ1v) is 8.64. The summed E-state index contributed by atoms with van der Waals surface area (Å²) in [4.78, 5) is 28.9. The van der Waals surface area contributed by atoms with Crippen molar-refractivity contribution in [3.8, 4) is 0 Å². The summed E-state index contributed by atoms with van der Waals surface area (Å²) in [5, 5.41) is 2.87. The van der Waals surface area contributed by atoms with Gasteiger partial charge >= 0.3 is 0 Å². The molecule has 0 saturated carbocycles. The van der Waals surface area contributed by atoms with E-state index in [0.29, 0.717) is 19.6 Å². The first-order valence-electron chi connectivity index (χ1n) is 8.64. The van der Waals surface area contributed by atoms with Gasteiger partial charge in [-0.05, 0) is 45.6 Å². The number of amides is 2. The Bertz CT molecular complexity index is 382. The van der Waals surface area contributed by atoms with E-state index in [1.807, 2.05) is 11.8 Å². The van der Waals surface area contributed by atoms with Crippen molar-refractivity contribution in [1.29, 1.82) is 0 Å². The van der Waals surface area contributed by atoms with Crippen molar-refractivity contribution in [3.63, 3.8) is 0 Å². The number of carbonyl (C=O) groups is 2. The first kappa shape index (κ1) is 17.2. The molecule has 2 heterocycles. The Labute approximate surface area is 133 Å². The molecular weight excluding hydrogens is 280 g/mol. The summed E-state index contributed by atoms with van der Waals surface area (Å²) < 4.78 is 0. The highest BCUT2D eigenvalue weighted by Gasteiger charge is 2.32. The van der Waals surface area contributed by atoms with Crippen molar-refractivity contribution in [2.24, 2.45) is 11.7 Å². The Balaban J connectivity index is 1.87. The average Bonchev–Trinajstić information content (AvgIpc) is 2.59. The van der Waals surface area contributed by atoms with Crippen molar-refractivity contribution in [2.45, 2.75) is 45.1 Å². The Morgan fingerprint density at radius 2 is 1.91 bits per heavy atom. The molecule has 0 aromatic heterocycles. The minimum Gasteiger partial charge on any atom is -0.355 e. The molecule has 0 aromatic rings. The minimum atomic E-state index is -0.122. The van der Waals surface area contributed by atoms with Crippen molar-refractivity contribution < 1.29 is 9.59 Å². The van der Waals surface area contributed by atoms with E-state index in [0.717, 1.165) is 45.3 Å². The number of carbonyl (C=O) groups excluding carboxylic acids is 2. The summed E-state index contributed by atoms with van der Waals surface area (Å²) in [5.41, 5.74) is 5.43. The summed E-state index contributed by atoms with van der Waals surface area (Å²) in [5.74, 6) is 0.285. The minimum absolute atomic E-state index is 0.0168. The number of nitrogens with one attached hydrogen (secondary N) is 1. The highest BCUT2D eigenvalue weighted by atomic mass is 16.2. The largest absolute Gasteiger partial charge is 0.355 e. The number of piperidine rings is 2. The maximum Gasteiger partial charge on any atom is 0.239 e. The van der Waals surface area contributed by atoms with Gasteiger partial charge in [-0.25, -0.2) is 0 Å². The van der Waals surface area contributed by atoms with Crippen molar-refractivity contribution >= 4 is 11.8 Å². The molecule has 0 aromatic carbocycles. The fraction of sp³-hybridized carbons (Fsp3) is 0.875. The summed E-state index contributed by atoms with van der Waals surface area (Å²) in [6.45, 7) is 6.33. The van der Waals surface area contributed by atoms with Gasteiger partial charge in [0.1, 0.15) is 0 Å². The van der Waals surface area contributed by atoms with Crippen molar-refractivity contribution in [1.82, 2.24) is 15.1 Å². The van der Waals surface area contributed by atoms with Gasteiger partial charge in [0.15, 0.2) is 0 Å². The van der Waals surface area contributed by atoms with E-state index >= 15 is 0 Å². The second kappa shape index (κ2) is 8.48. The van der Waals surface area contributed by atoms with E-state index < -0.39 is 0 Å². The average molecular weight is 310 g/mol. The molecule has 22 heavy (non-hydrogen) atoms. The molecule has 2 saturated heterocycles. The molecule has 0 spiro atoms. The molecule has 2 unspecified atom stereocenters. The van der Waals surface area contributed by atoms with E-state index in [-0.39, 0.29) is 23.8 Å². The molecule has 2 aliphatic heterocycles. The van der Waals surface area contributed by atoms with Crippen molar-refractivity contribution in [3.05, 3.63) is 0 Å². The fourth-order valence-electron chi connectivity index (χ4n) is 3.45. The van der Waals surface area contributed by atoms with Gasteiger partial charge in [-0.1, -0.05) is 0 Å². The smallest absolute Gasteiger partial charge is 0.239 e. The summed E-state index contributed by atoms with van der Waals surface area (Å²) in [6.07, 6.45) is 5.33. The molecule has 2 aliphatic rings. The predicted octanol–water partition coefficient (Wildman–Crippen LogP) is 0.174. The van der Waals surface area contributed by atoms with Gasteiger partial charge in [0.25, 0.3) is 0 Å². The molecule has 2 amide bonds. The standard InChI is InChI=1S/C16H30N4O2/c1-13(16(22)19-9-3-2-4-10-19)20-11-5-6-14(12-20)15(21)18-8-7-17/h13-14H,2-12,17H2,1H3,(H,18,21). The summed E-state index contributed by atoms with van der Waals surface area (Å²) in [6, 6.07) is -0.122. The molecule has 3 N–H and O–H groups in total. The number of nitrogens with two attached hydrogens (primary N) is 1. The Morgan fingerprint density at radius 1 is 1.18 bits per heavy atom. The number of hydrogen-bond acceptors (Lipinski definition) is 4. The summed E-state index contributed by atoms with van der Waals surface area (Å²) >= 11 is 0. The number of nitrogens with zero attached hydrogens (tertiary/aromatic N) is 2. The number of hydrogen-bond donors (Lipinski definition) is 2. The van der Waals surface area contributed by atoms with E-state index in [9.17, 15) is 9.59 Å². The lowest BCUT2D eigenvalue weighted by atomic mass is 9.95. The molecular formula is C16H30N4O2. The van der Waals surface area contributed by atoms with Gasteiger partial charge in [0.2, 0.25) is 11.8 Å². The van der Waals surface area contributed by atoms with Crippen LogP contribution in [0.5, 0.6) is 0 Å². The van der Waals surface area contributed by atoms with E-state index in [4.69, 9.17) is 5.73 Å². The molecule has 6 nitrogen and oxygen atoms in total. The zero-order chi connectivity index (χ0) is 15.9. The third-order valence-corrected chi connectivity index (χ3v) is 4.84. The molecule has 2 fully saturated rings. The van der Waals surface area contributed by atoms with Gasteiger partial charge in [-0.3, -0.25) is 14.5 Å². The first-order chi connectivity index (χ1) is 10.6. The van der Waals surface area contributed by atoms with E-state index in [1.165, 1.54) is 6.42 Å². The normalized spacial score (nSPS) is 24.8. The summed E-state index contributed by atoms with van der Waals surface area (Å²) in [7, 11) is 0. The van der Waals surface area contributed by atoms with Gasteiger partial charge in [0, 0.05) is 32.7 Å². The molecule has 0 bridgehead atoms. The Hall–Kier alpha value is -1.14. The van der Waals surface area contributed by atoms with Crippen LogP contribution < -0.4 is 11.1 Å². The van der Waals surface area contributed by atoms with Crippen molar-refractivity contribution in [2.75, 3.05) is 39.3 Å². The Kier molecular flexibility index (Phi) is 6.64. The second-order valence-electron chi connectivity index (χ2n) is 6.48. The topological polar surface area (TPSA) is 78.7 Å². The van der Waals surface area contributed by atoms with Crippen LogP contribution >= 0.6 is 0 Å². The van der Waals surface area contributed by atoms with Gasteiger partial charge in [-0.15, -0.1) is 0 Å². The van der Waals surface area contributed by atoms with Crippen LogP contribution in [0.15, 0.2) is 0 Å². The lowest BCUT2D eigenvalue weighted by Gasteiger charge is -2.38. The van der Waals surface area contributed by atoms with Crippen LogP contribution in [0.3, 0.4) is 0 Å². The quantitative estimate of drug-likeness (QED) is 0.759. The van der Waals surface area contributed by atoms with Gasteiger partial charge < -0.3 is 16.0 Å². The number of likely N-dealkylation sites (tertiary alicyclic amines) is 2. The van der Waals surface area contributed by atoms with Gasteiger partial charge in [-0.2, -0.15) is 0 Å². The van der Waals surface area contributed by atoms with Crippen LogP contribution in [0, 0.1) is 5.92 Å².